The van der Waals surface area contributed by atoms with E-state index >= 15 is 0 Å². The molecule has 7 heteroatoms. The first-order chi connectivity index (χ1) is 10.2. The Labute approximate surface area is 136 Å². The highest BCUT2D eigenvalue weighted by molar-refractivity contribution is 9.10. The first-order valence-electron chi connectivity index (χ1n) is 6.55. The second kappa shape index (κ2) is 6.03. The molecule has 0 atom stereocenters. The van der Waals surface area contributed by atoms with Crippen molar-refractivity contribution in [3.63, 3.8) is 0 Å². The van der Waals surface area contributed by atoms with Gasteiger partial charge in [-0.3, -0.25) is 0 Å². The SMILES string of the molecule is CCc1nc(N)c2c(n1)N(Cc1ccc(Br)cc1)C=NS2. The second-order valence-electron chi connectivity index (χ2n) is 4.60. The number of nitrogen functional groups attached to an aromatic ring is 1. The van der Waals surface area contributed by atoms with Gasteiger partial charge in [-0.2, -0.15) is 0 Å². The fraction of sp³-hybridized carbons (Fsp3) is 0.214. The van der Waals surface area contributed by atoms with Gasteiger partial charge < -0.3 is 10.6 Å². The number of rotatable bonds is 3. The quantitative estimate of drug-likeness (QED) is 0.845. The fourth-order valence-corrected chi connectivity index (χ4v) is 2.95. The topological polar surface area (TPSA) is 67.4 Å². The van der Waals surface area contributed by atoms with Crippen molar-refractivity contribution in [2.24, 2.45) is 4.40 Å². The van der Waals surface area contributed by atoms with E-state index in [4.69, 9.17) is 5.73 Å². The van der Waals surface area contributed by atoms with Gasteiger partial charge >= 0.3 is 0 Å². The molecule has 2 heterocycles. The van der Waals surface area contributed by atoms with E-state index in [0.29, 0.717) is 12.4 Å². The van der Waals surface area contributed by atoms with Gasteiger partial charge in [0.25, 0.3) is 0 Å². The summed E-state index contributed by atoms with van der Waals surface area (Å²) >= 11 is 4.77. The summed E-state index contributed by atoms with van der Waals surface area (Å²) in [7, 11) is 0. The summed E-state index contributed by atoms with van der Waals surface area (Å²) in [5.41, 5.74) is 7.19. The van der Waals surface area contributed by atoms with E-state index in [1.807, 2.05) is 24.0 Å². The van der Waals surface area contributed by atoms with Gasteiger partial charge in [0.05, 0.1) is 6.54 Å². The van der Waals surface area contributed by atoms with Gasteiger partial charge in [-0.15, -0.1) is 0 Å². The molecule has 108 valence electrons. The van der Waals surface area contributed by atoms with Gasteiger partial charge in [-0.1, -0.05) is 35.0 Å². The number of nitrogens with two attached hydrogens (primary N) is 1. The van der Waals surface area contributed by atoms with Crippen LogP contribution in [0.15, 0.2) is 38.0 Å². The Balaban J connectivity index is 1.94. The minimum absolute atomic E-state index is 0.500. The highest BCUT2D eigenvalue weighted by atomic mass is 79.9. The normalized spacial score (nSPS) is 13.3. The van der Waals surface area contributed by atoms with Crippen LogP contribution in [0.25, 0.3) is 0 Å². The second-order valence-corrected chi connectivity index (χ2v) is 6.32. The summed E-state index contributed by atoms with van der Waals surface area (Å²) in [5.74, 6) is 2.09. The summed E-state index contributed by atoms with van der Waals surface area (Å²) < 4.78 is 5.34. The van der Waals surface area contributed by atoms with E-state index in [1.54, 1.807) is 6.34 Å². The van der Waals surface area contributed by atoms with Crippen molar-refractivity contribution in [3.05, 3.63) is 40.1 Å². The lowest BCUT2D eigenvalue weighted by atomic mass is 10.2. The average Bonchev–Trinajstić information content (AvgIpc) is 2.50. The Hall–Kier alpha value is -1.60. The molecule has 2 aromatic rings. The zero-order valence-electron chi connectivity index (χ0n) is 11.5. The van der Waals surface area contributed by atoms with Crippen LogP contribution in [0, 0.1) is 0 Å². The lowest BCUT2D eigenvalue weighted by molar-refractivity contribution is 0.882. The molecule has 21 heavy (non-hydrogen) atoms. The van der Waals surface area contributed by atoms with Gasteiger partial charge in [0, 0.05) is 22.8 Å². The monoisotopic (exact) mass is 363 g/mol. The maximum absolute atomic E-state index is 6.01. The van der Waals surface area contributed by atoms with Crippen LogP contribution in [0.2, 0.25) is 0 Å². The number of hydrogen-bond acceptors (Lipinski definition) is 6. The number of aryl methyl sites for hydroxylation is 1. The lowest BCUT2D eigenvalue weighted by Crippen LogP contribution is -2.25. The maximum Gasteiger partial charge on any atom is 0.155 e. The molecule has 0 aliphatic carbocycles. The van der Waals surface area contributed by atoms with Crippen LogP contribution in [0.5, 0.6) is 0 Å². The Bertz CT molecular complexity index is 687. The predicted molar refractivity (Wildman–Crippen MR) is 90.5 cm³/mol. The van der Waals surface area contributed by atoms with Crippen molar-refractivity contribution in [1.29, 1.82) is 0 Å². The van der Waals surface area contributed by atoms with Gasteiger partial charge in [0.1, 0.15) is 22.9 Å². The zero-order chi connectivity index (χ0) is 14.8. The average molecular weight is 364 g/mol. The van der Waals surface area contributed by atoms with Gasteiger partial charge in [0.2, 0.25) is 0 Å². The van der Waals surface area contributed by atoms with Crippen LogP contribution < -0.4 is 10.6 Å². The van der Waals surface area contributed by atoms with Crippen LogP contribution in [-0.2, 0) is 13.0 Å². The molecule has 0 bridgehead atoms. The molecule has 1 aliphatic rings. The number of hydrogen-bond donors (Lipinski definition) is 1. The number of anilines is 2. The molecule has 5 nitrogen and oxygen atoms in total. The highest BCUT2D eigenvalue weighted by Gasteiger charge is 2.21. The largest absolute Gasteiger partial charge is 0.383 e. The van der Waals surface area contributed by atoms with Crippen molar-refractivity contribution in [3.8, 4) is 0 Å². The van der Waals surface area contributed by atoms with E-state index in [0.717, 1.165) is 27.4 Å². The molecule has 0 unspecified atom stereocenters. The molecule has 1 aromatic heterocycles. The van der Waals surface area contributed by atoms with Crippen LogP contribution in [0.3, 0.4) is 0 Å². The van der Waals surface area contributed by atoms with Crippen molar-refractivity contribution >= 4 is 45.9 Å². The summed E-state index contributed by atoms with van der Waals surface area (Å²) in [4.78, 5) is 11.7. The van der Waals surface area contributed by atoms with Crippen LogP contribution in [0.4, 0.5) is 11.6 Å². The third kappa shape index (κ3) is 3.03. The first kappa shape index (κ1) is 14.3. The molecule has 0 fully saturated rings. The van der Waals surface area contributed by atoms with Crippen molar-refractivity contribution in [1.82, 2.24) is 9.97 Å². The first-order valence-corrected chi connectivity index (χ1v) is 8.12. The van der Waals surface area contributed by atoms with Crippen LogP contribution >= 0.6 is 27.9 Å². The smallest absolute Gasteiger partial charge is 0.155 e. The Kier molecular flexibility index (Phi) is 4.12. The minimum Gasteiger partial charge on any atom is -0.383 e. The highest BCUT2D eigenvalue weighted by Crippen LogP contribution is 2.36. The van der Waals surface area contributed by atoms with Crippen molar-refractivity contribution < 1.29 is 0 Å². The van der Waals surface area contributed by atoms with Crippen molar-refractivity contribution in [2.75, 3.05) is 10.6 Å². The molecule has 0 saturated heterocycles. The van der Waals surface area contributed by atoms with E-state index in [1.165, 1.54) is 17.5 Å². The number of nitrogens with zero attached hydrogens (tertiary/aromatic N) is 4. The molecule has 3 rings (SSSR count). The molecule has 0 spiro atoms. The lowest BCUT2D eigenvalue weighted by Gasteiger charge is -2.24. The summed E-state index contributed by atoms with van der Waals surface area (Å²) in [5, 5.41) is 0. The number of aromatic nitrogens is 2. The summed E-state index contributed by atoms with van der Waals surface area (Å²) in [6.07, 6.45) is 2.55. The Morgan fingerprint density at radius 1 is 1.24 bits per heavy atom. The molecule has 0 saturated carbocycles. The predicted octanol–water partition coefficient (Wildman–Crippen LogP) is 3.44. The van der Waals surface area contributed by atoms with E-state index in [2.05, 4.69) is 42.4 Å². The third-order valence-electron chi connectivity index (χ3n) is 3.11. The molecular weight excluding hydrogens is 350 g/mol. The fourth-order valence-electron chi connectivity index (χ4n) is 2.03. The molecule has 1 aliphatic heterocycles. The molecule has 2 N–H and O–H groups in total. The Morgan fingerprint density at radius 3 is 2.71 bits per heavy atom. The van der Waals surface area contributed by atoms with Crippen LogP contribution in [-0.4, -0.2) is 16.3 Å². The van der Waals surface area contributed by atoms with E-state index in [-0.39, 0.29) is 0 Å². The van der Waals surface area contributed by atoms with Gasteiger partial charge in [-0.25, -0.2) is 14.4 Å². The molecule has 0 amide bonds. The standard InChI is InChI=1S/C14H14BrN5S/c1-2-11-18-13(16)12-14(19-11)20(8-17-21-12)7-9-3-5-10(15)6-4-9/h3-6,8H,2,7H2,1H3,(H2,16,18,19). The molecule has 1 aromatic carbocycles. The minimum atomic E-state index is 0.500. The maximum atomic E-state index is 6.01. The summed E-state index contributed by atoms with van der Waals surface area (Å²) in [6.45, 7) is 2.72. The van der Waals surface area contributed by atoms with Gasteiger partial charge in [0.15, 0.2) is 5.82 Å². The van der Waals surface area contributed by atoms with Crippen LogP contribution in [0.1, 0.15) is 18.3 Å². The summed E-state index contributed by atoms with van der Waals surface area (Å²) in [6, 6.07) is 8.20. The Morgan fingerprint density at radius 2 is 2.00 bits per heavy atom. The van der Waals surface area contributed by atoms with Gasteiger partial charge in [-0.05, 0) is 17.7 Å². The third-order valence-corrected chi connectivity index (χ3v) is 4.41. The van der Waals surface area contributed by atoms with Crippen molar-refractivity contribution in [2.45, 2.75) is 24.8 Å². The zero-order valence-corrected chi connectivity index (χ0v) is 13.9. The van der Waals surface area contributed by atoms with E-state index < -0.39 is 0 Å². The van der Waals surface area contributed by atoms with E-state index in [9.17, 15) is 0 Å². The molecular formula is C14H14BrN5S. The number of fused-ring (bicyclic) bond motifs is 1. The molecule has 0 radical (unpaired) electrons. The number of benzene rings is 1. The number of halogens is 1.